The zero-order chi connectivity index (χ0) is 29.0. The molecule has 3 heterocycles. The Balaban J connectivity index is 1.83. The first kappa shape index (κ1) is 28.1. The molecule has 0 bridgehead atoms. The monoisotopic (exact) mass is 574 g/mol. The lowest BCUT2D eigenvalue weighted by Crippen LogP contribution is -2.47. The Morgan fingerprint density at radius 3 is 2.46 bits per heavy atom. The van der Waals surface area contributed by atoms with E-state index in [4.69, 9.17) is 20.8 Å². The molecule has 3 aromatic rings. The van der Waals surface area contributed by atoms with Crippen LogP contribution in [0.15, 0.2) is 34.9 Å². The Hall–Kier alpha value is -3.94. The maximum Gasteiger partial charge on any atom is 0.418 e. The second kappa shape index (κ2) is 9.67. The molecule has 1 fully saturated rings. The molecule has 0 spiro atoms. The number of hydrogen-bond donors (Lipinski definition) is 0. The predicted molar refractivity (Wildman–Crippen MR) is 128 cm³/mol. The lowest BCUT2D eigenvalue weighted by molar-refractivity contribution is -0.136. The molecule has 0 N–H and O–H groups in total. The first-order valence-electron chi connectivity index (χ1n) is 11.2. The standard InChI is InChI=1S/C24H20ClF5N4O5/c1-23(2,3)39-22(37)33-10-15(20(35)32(4)14-6-5-13(26)17(25)18(14)27)34(21(33)36)16-9-12(24(28,29)30)11-7-8-38-19(11)31-16/h5-9,15H,10H2,1-4H3/t15-/m0/s1. The SMILES string of the molecule is CN(C(=O)[C@@H]1CN(C(=O)OC(C)(C)C)C(=O)N1c1cc(C(F)(F)F)c2ccoc2n1)c1ccc(F)c(Cl)c1F. The molecule has 2 aromatic heterocycles. The molecule has 1 aliphatic heterocycles. The lowest BCUT2D eigenvalue weighted by Gasteiger charge is -2.27. The molecule has 0 unspecified atom stereocenters. The van der Waals surface area contributed by atoms with E-state index in [2.05, 4.69) is 4.98 Å². The van der Waals surface area contributed by atoms with Gasteiger partial charge in [0, 0.05) is 7.05 Å². The molecule has 0 radical (unpaired) electrons. The largest absolute Gasteiger partial charge is 0.446 e. The van der Waals surface area contributed by atoms with Crippen LogP contribution in [0.2, 0.25) is 5.02 Å². The Bertz CT molecular complexity index is 1490. The summed E-state index contributed by atoms with van der Waals surface area (Å²) in [5.74, 6) is -4.10. The highest BCUT2D eigenvalue weighted by Gasteiger charge is 2.49. The summed E-state index contributed by atoms with van der Waals surface area (Å²) in [6.45, 7) is 3.86. The highest BCUT2D eigenvalue weighted by Crippen LogP contribution is 2.39. The number of aromatic nitrogens is 1. The van der Waals surface area contributed by atoms with Gasteiger partial charge in [-0.05, 0) is 45.0 Å². The average Bonchev–Trinajstić information content (AvgIpc) is 3.43. The minimum atomic E-state index is -4.91. The molecule has 1 aliphatic rings. The number of anilines is 2. The Kier molecular flexibility index (Phi) is 6.96. The van der Waals surface area contributed by atoms with E-state index in [0.29, 0.717) is 20.8 Å². The van der Waals surface area contributed by atoms with Crippen molar-refractivity contribution in [1.82, 2.24) is 9.88 Å². The highest BCUT2D eigenvalue weighted by atomic mass is 35.5. The van der Waals surface area contributed by atoms with Gasteiger partial charge in [0.15, 0.2) is 5.82 Å². The van der Waals surface area contributed by atoms with Crippen LogP contribution in [0.4, 0.5) is 43.0 Å². The normalized spacial score (nSPS) is 16.3. The number of amides is 4. The van der Waals surface area contributed by atoms with Gasteiger partial charge in [0.25, 0.3) is 5.91 Å². The third kappa shape index (κ3) is 5.20. The molecule has 208 valence electrons. The number of benzene rings is 1. The molecule has 1 saturated heterocycles. The Morgan fingerprint density at radius 2 is 1.85 bits per heavy atom. The maximum atomic E-state index is 14.7. The van der Waals surface area contributed by atoms with Crippen molar-refractivity contribution in [3.05, 3.63) is 52.7 Å². The van der Waals surface area contributed by atoms with Gasteiger partial charge in [-0.25, -0.2) is 23.3 Å². The first-order chi connectivity index (χ1) is 18.0. The van der Waals surface area contributed by atoms with E-state index in [-0.39, 0.29) is 0 Å². The number of imide groups is 1. The fraction of sp³-hybridized carbons (Fsp3) is 0.333. The average molecular weight is 575 g/mol. The van der Waals surface area contributed by atoms with E-state index < -0.39 is 87.2 Å². The third-order valence-corrected chi connectivity index (χ3v) is 6.03. The van der Waals surface area contributed by atoms with E-state index in [1.807, 2.05) is 0 Å². The fourth-order valence-electron chi connectivity index (χ4n) is 3.92. The number of ether oxygens (including phenoxy) is 1. The minimum absolute atomic E-state index is 0.398. The number of urea groups is 1. The van der Waals surface area contributed by atoms with Crippen LogP contribution in [-0.4, -0.2) is 53.2 Å². The van der Waals surface area contributed by atoms with Crippen molar-refractivity contribution >= 4 is 52.2 Å². The second-order valence-corrected chi connectivity index (χ2v) is 9.89. The molecule has 1 aromatic carbocycles. The van der Waals surface area contributed by atoms with Gasteiger partial charge in [-0.3, -0.25) is 9.69 Å². The predicted octanol–water partition coefficient (Wildman–Crippen LogP) is 5.99. The third-order valence-electron chi connectivity index (χ3n) is 5.69. The highest BCUT2D eigenvalue weighted by molar-refractivity contribution is 6.31. The van der Waals surface area contributed by atoms with E-state index in [1.165, 1.54) is 20.8 Å². The molecule has 4 rings (SSSR count). The Morgan fingerprint density at radius 1 is 1.18 bits per heavy atom. The molecule has 39 heavy (non-hydrogen) atoms. The van der Waals surface area contributed by atoms with Gasteiger partial charge in [-0.15, -0.1) is 0 Å². The molecule has 4 amide bonds. The second-order valence-electron chi connectivity index (χ2n) is 9.52. The van der Waals surface area contributed by atoms with Gasteiger partial charge < -0.3 is 14.1 Å². The van der Waals surface area contributed by atoms with Crippen molar-refractivity contribution in [2.75, 3.05) is 23.4 Å². The molecule has 0 saturated carbocycles. The van der Waals surface area contributed by atoms with E-state index >= 15 is 0 Å². The number of nitrogens with zero attached hydrogens (tertiary/aromatic N) is 4. The minimum Gasteiger partial charge on any atom is -0.446 e. The smallest absolute Gasteiger partial charge is 0.418 e. The number of rotatable bonds is 3. The molecular weight excluding hydrogens is 555 g/mol. The molecule has 1 atom stereocenters. The van der Waals surface area contributed by atoms with Gasteiger partial charge in [0.2, 0.25) is 5.71 Å². The van der Waals surface area contributed by atoms with Gasteiger partial charge >= 0.3 is 18.3 Å². The molecule has 9 nitrogen and oxygen atoms in total. The molecule has 15 heteroatoms. The number of hydrogen-bond acceptors (Lipinski definition) is 6. The number of carbonyl (C=O) groups is 3. The number of halogens is 6. The number of alkyl halides is 3. The van der Waals surface area contributed by atoms with Crippen molar-refractivity contribution < 1.29 is 45.5 Å². The summed E-state index contributed by atoms with van der Waals surface area (Å²) in [5.41, 5.74) is -3.25. The van der Waals surface area contributed by atoms with Crippen LogP contribution in [-0.2, 0) is 15.7 Å². The Labute approximate surface area is 222 Å². The van der Waals surface area contributed by atoms with Gasteiger partial charge in [0.1, 0.15) is 28.3 Å². The van der Waals surface area contributed by atoms with Crippen molar-refractivity contribution in [2.45, 2.75) is 38.6 Å². The van der Waals surface area contributed by atoms with Crippen LogP contribution in [0.3, 0.4) is 0 Å². The van der Waals surface area contributed by atoms with Crippen LogP contribution in [0.25, 0.3) is 11.1 Å². The maximum absolute atomic E-state index is 14.7. The first-order valence-corrected chi connectivity index (χ1v) is 11.6. The summed E-state index contributed by atoms with van der Waals surface area (Å²) in [6, 6.07) is 0.363. The zero-order valence-electron chi connectivity index (χ0n) is 20.8. The van der Waals surface area contributed by atoms with E-state index in [9.17, 15) is 36.3 Å². The van der Waals surface area contributed by atoms with Crippen molar-refractivity contribution in [3.63, 3.8) is 0 Å². The van der Waals surface area contributed by atoms with E-state index in [1.54, 1.807) is 0 Å². The summed E-state index contributed by atoms with van der Waals surface area (Å²) < 4.78 is 80.2. The van der Waals surface area contributed by atoms with Crippen molar-refractivity contribution in [2.24, 2.45) is 0 Å². The molecule has 0 aliphatic carbocycles. The summed E-state index contributed by atoms with van der Waals surface area (Å²) >= 11 is 5.62. The summed E-state index contributed by atoms with van der Waals surface area (Å²) in [7, 11) is 1.08. The summed E-state index contributed by atoms with van der Waals surface area (Å²) in [6.07, 6.45) is -5.12. The van der Waals surface area contributed by atoms with E-state index in [0.717, 1.165) is 31.5 Å². The van der Waals surface area contributed by atoms with Crippen molar-refractivity contribution in [1.29, 1.82) is 0 Å². The quantitative estimate of drug-likeness (QED) is 0.282. The van der Waals surface area contributed by atoms with Gasteiger partial charge in [0.05, 0.1) is 29.4 Å². The van der Waals surface area contributed by atoms with Crippen LogP contribution in [0.1, 0.15) is 26.3 Å². The number of carbonyl (C=O) groups excluding carboxylic acids is 3. The number of fused-ring (bicyclic) bond motifs is 1. The topological polar surface area (TPSA) is 96.2 Å². The van der Waals surface area contributed by atoms with Crippen LogP contribution >= 0.6 is 11.6 Å². The van der Waals surface area contributed by atoms with Crippen molar-refractivity contribution in [3.8, 4) is 0 Å². The summed E-state index contributed by atoms with van der Waals surface area (Å²) in [4.78, 5) is 45.4. The summed E-state index contributed by atoms with van der Waals surface area (Å²) in [5, 5.41) is -1.30. The fourth-order valence-corrected chi connectivity index (χ4v) is 4.08. The van der Waals surface area contributed by atoms with Crippen LogP contribution in [0.5, 0.6) is 0 Å². The number of pyridine rings is 1. The number of likely N-dealkylation sites (N-methyl/N-ethyl adjacent to an activating group) is 1. The van der Waals surface area contributed by atoms with Gasteiger partial charge in [-0.1, -0.05) is 11.6 Å². The zero-order valence-corrected chi connectivity index (χ0v) is 21.5. The van der Waals surface area contributed by atoms with Gasteiger partial charge in [-0.2, -0.15) is 18.2 Å². The number of furan rings is 1. The molecular formula is C24H20ClF5N4O5. The van der Waals surface area contributed by atoms with Crippen LogP contribution < -0.4 is 9.80 Å². The van der Waals surface area contributed by atoms with Crippen LogP contribution in [0, 0.1) is 11.6 Å². The lowest BCUT2D eigenvalue weighted by atomic mass is 10.1.